The minimum Gasteiger partial charge on any atom is -0.423 e. The van der Waals surface area contributed by atoms with E-state index in [1.54, 1.807) is 20.1 Å². The fourth-order valence-electron chi connectivity index (χ4n) is 1.22. The van der Waals surface area contributed by atoms with Crippen LogP contribution < -0.4 is 9.92 Å². The van der Waals surface area contributed by atoms with Gasteiger partial charge >= 0.3 is 5.97 Å². The van der Waals surface area contributed by atoms with Gasteiger partial charge in [-0.25, -0.2) is 4.79 Å². The molecule has 4 heteroatoms. The maximum absolute atomic E-state index is 11.4. The van der Waals surface area contributed by atoms with Crippen LogP contribution in [0.2, 0.25) is 6.55 Å². The summed E-state index contributed by atoms with van der Waals surface area (Å²) in [6.45, 7) is 7.21. The number of benzene rings is 1. The lowest BCUT2D eigenvalue weighted by molar-refractivity contribution is -0.130. The summed E-state index contributed by atoms with van der Waals surface area (Å²) in [4.78, 5) is 11.4. The van der Waals surface area contributed by atoms with Crippen LogP contribution in [-0.4, -0.2) is 22.1 Å². The van der Waals surface area contributed by atoms with E-state index in [0.29, 0.717) is 11.3 Å². The maximum Gasteiger partial charge on any atom is 0.338 e. The Morgan fingerprint density at radius 1 is 1.38 bits per heavy atom. The number of ether oxygens (including phenoxy) is 1. The third kappa shape index (κ3) is 3.05. The molecule has 1 unspecified atom stereocenters. The number of carbonyl (C=O) groups excluding carboxylic acids is 1. The molecule has 0 bridgehead atoms. The minimum absolute atomic E-state index is 0.390. The summed E-state index contributed by atoms with van der Waals surface area (Å²) in [7, 11) is 0.199. The Hall–Kier alpha value is -1.39. The molecule has 0 N–H and O–H groups in total. The molecule has 1 aromatic rings. The molecule has 1 rings (SSSR count). The molecule has 0 aliphatic heterocycles. The Kier molecular flexibility index (Phi) is 4.46. The number of para-hydroxylation sites is 1. The van der Waals surface area contributed by atoms with Crippen molar-refractivity contribution >= 4 is 20.2 Å². The highest BCUT2D eigenvalue weighted by atomic mass is 28.3. The van der Waals surface area contributed by atoms with E-state index in [0.717, 1.165) is 5.19 Å². The predicted octanol–water partition coefficient (Wildman–Crippen LogP) is 1.38. The highest BCUT2D eigenvalue weighted by molar-refractivity contribution is 6.67. The second kappa shape index (κ2) is 5.63. The number of carbonyl (C=O) groups is 1. The molecule has 0 saturated heterocycles. The molecule has 86 valence electrons. The van der Waals surface area contributed by atoms with Gasteiger partial charge in [-0.1, -0.05) is 24.8 Å². The third-order valence-corrected chi connectivity index (χ3v) is 4.32. The van der Waals surface area contributed by atoms with Crippen molar-refractivity contribution < 1.29 is 14.0 Å². The van der Waals surface area contributed by atoms with E-state index in [2.05, 4.69) is 6.58 Å². The number of hydrogen-bond acceptors (Lipinski definition) is 3. The number of rotatable bonds is 4. The summed E-state index contributed by atoms with van der Waals surface area (Å²) < 4.78 is 10.6. The lowest BCUT2D eigenvalue weighted by Crippen LogP contribution is -2.31. The van der Waals surface area contributed by atoms with Gasteiger partial charge in [-0.05, 0) is 19.5 Å². The monoisotopic (exact) mass is 236 g/mol. The van der Waals surface area contributed by atoms with Crippen LogP contribution in [0, 0.1) is 0 Å². The van der Waals surface area contributed by atoms with E-state index in [9.17, 15) is 4.79 Å². The van der Waals surface area contributed by atoms with E-state index in [1.807, 2.05) is 24.7 Å². The molecule has 0 aliphatic rings. The second-order valence-electron chi connectivity index (χ2n) is 3.59. The van der Waals surface area contributed by atoms with E-state index < -0.39 is 15.0 Å². The summed E-state index contributed by atoms with van der Waals surface area (Å²) in [5.74, 6) is 0.182. The summed E-state index contributed by atoms with van der Waals surface area (Å²) in [5, 5.41) is 0.986. The molecule has 0 amide bonds. The van der Waals surface area contributed by atoms with Crippen LogP contribution >= 0.6 is 0 Å². The van der Waals surface area contributed by atoms with E-state index in [1.165, 1.54) is 0 Å². The first-order chi connectivity index (χ1) is 7.56. The van der Waals surface area contributed by atoms with Gasteiger partial charge < -0.3 is 9.16 Å². The average Bonchev–Trinajstić information content (AvgIpc) is 2.28. The van der Waals surface area contributed by atoms with Crippen LogP contribution in [0.3, 0.4) is 0 Å². The lowest BCUT2D eigenvalue weighted by Gasteiger charge is -2.13. The highest BCUT2D eigenvalue weighted by Crippen LogP contribution is 2.10. The molecule has 0 fully saturated rings. The lowest BCUT2D eigenvalue weighted by atomic mass is 10.3. The standard InChI is InChI=1S/C12H16O3Si/c1-9(2)12(13)15-10-7-5-6-8-11(10)16(4)14-3/h5-8,16H,1H2,2-4H3. The molecule has 0 saturated carbocycles. The second-order valence-corrected chi connectivity index (χ2v) is 5.96. The topological polar surface area (TPSA) is 35.5 Å². The minimum atomic E-state index is -1.48. The van der Waals surface area contributed by atoms with Crippen molar-refractivity contribution in [1.29, 1.82) is 0 Å². The van der Waals surface area contributed by atoms with Crippen LogP contribution in [0.15, 0.2) is 36.4 Å². The zero-order valence-corrected chi connectivity index (χ0v) is 11.0. The summed E-state index contributed by atoms with van der Waals surface area (Å²) in [6, 6.07) is 7.46. The van der Waals surface area contributed by atoms with Gasteiger partial charge in [-0.3, -0.25) is 0 Å². The van der Waals surface area contributed by atoms with Crippen molar-refractivity contribution in [2.75, 3.05) is 7.11 Å². The zero-order chi connectivity index (χ0) is 12.1. The molecule has 0 aromatic heterocycles. The van der Waals surface area contributed by atoms with Crippen molar-refractivity contribution in [2.24, 2.45) is 0 Å². The van der Waals surface area contributed by atoms with Crippen LogP contribution in [0.1, 0.15) is 6.92 Å². The van der Waals surface area contributed by atoms with Crippen LogP contribution in [-0.2, 0) is 9.22 Å². The molecule has 1 atom stereocenters. The van der Waals surface area contributed by atoms with Gasteiger partial charge in [-0.15, -0.1) is 0 Å². The fraction of sp³-hybridized carbons (Fsp3) is 0.250. The Balaban J connectivity index is 2.95. The van der Waals surface area contributed by atoms with Gasteiger partial charge in [-0.2, -0.15) is 0 Å². The van der Waals surface area contributed by atoms with E-state index in [-0.39, 0.29) is 0 Å². The molecule has 3 nitrogen and oxygen atoms in total. The normalized spacial score (nSPS) is 11.9. The Bertz CT molecular complexity index is 401. The molecular weight excluding hydrogens is 220 g/mol. The Labute approximate surface area is 97.4 Å². The van der Waals surface area contributed by atoms with Gasteiger partial charge in [0, 0.05) is 17.9 Å². The maximum atomic E-state index is 11.4. The fourth-order valence-corrected chi connectivity index (χ4v) is 2.42. The molecule has 16 heavy (non-hydrogen) atoms. The average molecular weight is 236 g/mol. The van der Waals surface area contributed by atoms with Gasteiger partial charge in [0.05, 0.1) is 0 Å². The molecule has 1 aromatic carbocycles. The Morgan fingerprint density at radius 2 is 2.00 bits per heavy atom. The smallest absolute Gasteiger partial charge is 0.338 e. The first kappa shape index (κ1) is 12.7. The van der Waals surface area contributed by atoms with Crippen LogP contribution in [0.25, 0.3) is 0 Å². The van der Waals surface area contributed by atoms with Gasteiger partial charge in [0.2, 0.25) is 9.04 Å². The van der Waals surface area contributed by atoms with Crippen molar-refractivity contribution in [3.8, 4) is 5.75 Å². The number of esters is 1. The van der Waals surface area contributed by atoms with Crippen molar-refractivity contribution in [3.63, 3.8) is 0 Å². The summed E-state index contributed by atoms with van der Waals surface area (Å²) in [5.41, 5.74) is 0.390. The largest absolute Gasteiger partial charge is 0.423 e. The predicted molar refractivity (Wildman–Crippen MR) is 66.5 cm³/mol. The molecule has 0 heterocycles. The van der Waals surface area contributed by atoms with Gasteiger partial charge in [0.15, 0.2) is 0 Å². The molecule has 0 aliphatic carbocycles. The molecule has 0 radical (unpaired) electrons. The van der Waals surface area contributed by atoms with E-state index >= 15 is 0 Å². The quantitative estimate of drug-likeness (QED) is 0.343. The Morgan fingerprint density at radius 3 is 2.56 bits per heavy atom. The zero-order valence-electron chi connectivity index (χ0n) is 9.82. The molecule has 0 spiro atoms. The van der Waals surface area contributed by atoms with Crippen molar-refractivity contribution in [1.82, 2.24) is 0 Å². The van der Waals surface area contributed by atoms with Crippen molar-refractivity contribution in [2.45, 2.75) is 13.5 Å². The summed E-state index contributed by atoms with van der Waals surface area (Å²) in [6.07, 6.45) is 0. The first-order valence-corrected chi connectivity index (χ1v) is 7.26. The van der Waals surface area contributed by atoms with Crippen molar-refractivity contribution in [3.05, 3.63) is 36.4 Å². The van der Waals surface area contributed by atoms with Gasteiger partial charge in [0.25, 0.3) is 0 Å². The SMILES string of the molecule is C=C(C)C(=O)Oc1ccccc1[SiH](C)OC. The van der Waals surface area contributed by atoms with E-state index in [4.69, 9.17) is 9.16 Å². The third-order valence-electron chi connectivity index (χ3n) is 2.26. The molecular formula is C12H16O3Si. The van der Waals surface area contributed by atoms with Crippen LogP contribution in [0.4, 0.5) is 0 Å². The number of hydrogen-bond donors (Lipinski definition) is 0. The van der Waals surface area contributed by atoms with Gasteiger partial charge in [0.1, 0.15) is 5.75 Å². The summed E-state index contributed by atoms with van der Waals surface area (Å²) >= 11 is 0. The van der Waals surface area contributed by atoms with Crippen LogP contribution in [0.5, 0.6) is 5.75 Å². The highest BCUT2D eigenvalue weighted by Gasteiger charge is 2.15. The first-order valence-electron chi connectivity index (χ1n) is 5.05.